The SMILES string of the molecule is C[C@@H]1CN(C(=O)O[C@@H]2C[C@H]3C(=O)N[C@]4(C(=O)O)C[C@H]4C=CCCCCC[C@H](NC(=O)OC(C)(C)C)C(=O)N3C2)Cc2ccccc21. The number of allylic oxidation sites excluding steroid dienone is 1. The molecule has 0 radical (unpaired) electrons. The molecule has 12 nitrogen and oxygen atoms in total. The predicted molar refractivity (Wildman–Crippen MR) is 168 cm³/mol. The van der Waals surface area contributed by atoms with Crippen molar-refractivity contribution in [2.24, 2.45) is 5.92 Å². The summed E-state index contributed by atoms with van der Waals surface area (Å²) in [5.74, 6) is -2.52. The van der Waals surface area contributed by atoms with Crippen molar-refractivity contribution >= 4 is 30.0 Å². The number of nitrogens with zero attached hydrogens (tertiary/aromatic N) is 2. The van der Waals surface area contributed by atoms with Gasteiger partial charge in [-0.2, -0.15) is 0 Å². The summed E-state index contributed by atoms with van der Waals surface area (Å²) in [5.41, 5.74) is -0.0184. The van der Waals surface area contributed by atoms with E-state index in [1.54, 1.807) is 25.7 Å². The zero-order chi connectivity index (χ0) is 33.2. The van der Waals surface area contributed by atoms with Gasteiger partial charge in [-0.15, -0.1) is 0 Å². The van der Waals surface area contributed by atoms with Crippen LogP contribution in [0.25, 0.3) is 0 Å². The van der Waals surface area contributed by atoms with Gasteiger partial charge in [-0.25, -0.2) is 14.4 Å². The molecule has 1 aromatic carbocycles. The van der Waals surface area contributed by atoms with Crippen LogP contribution in [0, 0.1) is 5.92 Å². The summed E-state index contributed by atoms with van der Waals surface area (Å²) in [6.07, 6.45) is 5.26. The molecule has 0 spiro atoms. The first-order chi connectivity index (χ1) is 21.8. The molecule has 1 saturated heterocycles. The summed E-state index contributed by atoms with van der Waals surface area (Å²) in [6.45, 7) is 8.00. The Morgan fingerprint density at radius 1 is 1.09 bits per heavy atom. The number of rotatable bonds is 3. The summed E-state index contributed by atoms with van der Waals surface area (Å²) in [7, 11) is 0. The molecule has 3 N–H and O–H groups in total. The summed E-state index contributed by atoms with van der Waals surface area (Å²) in [6, 6.07) is 5.86. The Bertz CT molecular complexity index is 1390. The minimum absolute atomic E-state index is 0.00133. The molecular formula is C34H46N4O8. The number of hydrogen-bond acceptors (Lipinski definition) is 7. The highest BCUT2D eigenvalue weighted by molar-refractivity contribution is 5.96. The molecule has 250 valence electrons. The van der Waals surface area contributed by atoms with Gasteiger partial charge in [0.2, 0.25) is 11.8 Å². The molecule has 5 rings (SSSR count). The molecule has 1 aromatic rings. The minimum atomic E-state index is -1.46. The largest absolute Gasteiger partial charge is 0.479 e. The first kappa shape index (κ1) is 33.3. The van der Waals surface area contributed by atoms with Crippen molar-refractivity contribution in [1.29, 1.82) is 0 Å². The number of ether oxygens (including phenoxy) is 2. The highest BCUT2D eigenvalue weighted by Gasteiger charge is 2.61. The topological polar surface area (TPSA) is 155 Å². The highest BCUT2D eigenvalue weighted by Crippen LogP contribution is 2.45. The Balaban J connectivity index is 1.37. The van der Waals surface area contributed by atoms with Gasteiger partial charge in [0.1, 0.15) is 29.3 Å². The number of alkyl carbamates (subject to hydrolysis) is 1. The Kier molecular flexibility index (Phi) is 9.65. The zero-order valence-corrected chi connectivity index (χ0v) is 27.1. The van der Waals surface area contributed by atoms with Crippen LogP contribution in [-0.4, -0.2) is 87.3 Å². The third-order valence-corrected chi connectivity index (χ3v) is 9.28. The van der Waals surface area contributed by atoms with Gasteiger partial charge in [-0.3, -0.25) is 9.59 Å². The van der Waals surface area contributed by atoms with Crippen LogP contribution in [0.2, 0.25) is 0 Å². The minimum Gasteiger partial charge on any atom is -0.479 e. The number of carboxylic acid groups (broad SMARTS) is 1. The van der Waals surface area contributed by atoms with Crippen LogP contribution in [-0.2, 0) is 30.4 Å². The van der Waals surface area contributed by atoms with Gasteiger partial charge < -0.3 is 35.0 Å². The van der Waals surface area contributed by atoms with E-state index >= 15 is 0 Å². The van der Waals surface area contributed by atoms with Crippen LogP contribution in [0.15, 0.2) is 36.4 Å². The van der Waals surface area contributed by atoms with E-state index in [4.69, 9.17) is 9.47 Å². The molecule has 0 aromatic heterocycles. The van der Waals surface area contributed by atoms with Gasteiger partial charge in [0.05, 0.1) is 6.54 Å². The second kappa shape index (κ2) is 13.3. The van der Waals surface area contributed by atoms with Gasteiger partial charge in [0.25, 0.3) is 0 Å². The summed E-state index contributed by atoms with van der Waals surface area (Å²) >= 11 is 0. The molecule has 3 heterocycles. The van der Waals surface area contributed by atoms with Crippen LogP contribution < -0.4 is 10.6 Å². The fourth-order valence-corrected chi connectivity index (χ4v) is 6.81. The Morgan fingerprint density at radius 2 is 1.85 bits per heavy atom. The molecule has 0 unspecified atom stereocenters. The number of hydrogen-bond donors (Lipinski definition) is 3. The van der Waals surface area contributed by atoms with Crippen molar-refractivity contribution < 1.29 is 38.6 Å². The molecule has 4 aliphatic rings. The van der Waals surface area contributed by atoms with Crippen molar-refractivity contribution in [3.8, 4) is 0 Å². The van der Waals surface area contributed by atoms with Crippen molar-refractivity contribution in [2.75, 3.05) is 13.1 Å². The second-order valence-electron chi connectivity index (χ2n) is 14.1. The van der Waals surface area contributed by atoms with Crippen molar-refractivity contribution in [1.82, 2.24) is 20.4 Å². The first-order valence-electron chi connectivity index (χ1n) is 16.3. The lowest BCUT2D eigenvalue weighted by atomic mass is 9.91. The Hall–Kier alpha value is -4.09. The van der Waals surface area contributed by atoms with E-state index in [2.05, 4.69) is 16.7 Å². The van der Waals surface area contributed by atoms with Gasteiger partial charge in [-0.1, -0.05) is 56.2 Å². The van der Waals surface area contributed by atoms with Gasteiger partial charge >= 0.3 is 18.2 Å². The van der Waals surface area contributed by atoms with E-state index in [1.807, 2.05) is 37.3 Å². The molecule has 12 heteroatoms. The summed E-state index contributed by atoms with van der Waals surface area (Å²) < 4.78 is 11.3. The van der Waals surface area contributed by atoms with E-state index in [0.717, 1.165) is 24.8 Å². The van der Waals surface area contributed by atoms with Crippen LogP contribution in [0.4, 0.5) is 9.59 Å². The van der Waals surface area contributed by atoms with E-state index < -0.39 is 59.3 Å². The summed E-state index contributed by atoms with van der Waals surface area (Å²) in [5, 5.41) is 15.5. The quantitative estimate of drug-likeness (QED) is 0.419. The predicted octanol–water partition coefficient (Wildman–Crippen LogP) is 4.08. The fraction of sp³-hybridized carbons (Fsp3) is 0.618. The van der Waals surface area contributed by atoms with E-state index in [9.17, 15) is 29.1 Å². The Labute approximate surface area is 269 Å². The van der Waals surface area contributed by atoms with E-state index in [0.29, 0.717) is 25.9 Å². The number of carbonyl (C=O) groups excluding carboxylic acids is 4. The Morgan fingerprint density at radius 3 is 2.59 bits per heavy atom. The lowest BCUT2D eigenvalue weighted by Gasteiger charge is -2.33. The molecular weight excluding hydrogens is 592 g/mol. The fourth-order valence-electron chi connectivity index (χ4n) is 6.81. The standard InChI is InChI=1S/C34H46N4O8/c1-21-18-37(19-22-12-10-11-14-25(21)22)32(44)45-24-16-27-28(39)36-34(30(41)42)17-23(34)13-8-6-5-7-9-15-26(29(40)38(27)20-24)35-31(43)46-33(2,3)4/h8,10-14,21,23-24,26-27H,5-7,9,15-20H2,1-4H3,(H,35,43)(H,36,39)(H,41,42)/t21-,23-,24-,26+,27+,34-/m1/s1. The van der Waals surface area contributed by atoms with Crippen molar-refractivity contribution in [2.45, 2.75) is 114 Å². The number of fused-ring (bicyclic) bond motifs is 3. The lowest BCUT2D eigenvalue weighted by Crippen LogP contribution is -2.56. The van der Waals surface area contributed by atoms with Crippen LogP contribution in [0.1, 0.15) is 89.7 Å². The number of carboxylic acids is 1. The maximum Gasteiger partial charge on any atom is 0.410 e. The monoisotopic (exact) mass is 638 g/mol. The van der Waals surface area contributed by atoms with Gasteiger partial charge in [0.15, 0.2) is 0 Å². The van der Waals surface area contributed by atoms with Gasteiger partial charge in [0, 0.05) is 25.4 Å². The number of nitrogens with one attached hydrogen (secondary N) is 2. The molecule has 46 heavy (non-hydrogen) atoms. The lowest BCUT2D eigenvalue weighted by molar-refractivity contribution is -0.145. The molecule has 2 fully saturated rings. The van der Waals surface area contributed by atoms with E-state index in [1.165, 1.54) is 10.5 Å². The molecule has 1 saturated carbocycles. The van der Waals surface area contributed by atoms with Gasteiger partial charge in [-0.05, 0) is 63.5 Å². The molecule has 1 aliphatic carbocycles. The number of carbonyl (C=O) groups is 5. The molecule has 6 atom stereocenters. The third kappa shape index (κ3) is 7.47. The summed E-state index contributed by atoms with van der Waals surface area (Å²) in [4.78, 5) is 69.4. The van der Waals surface area contributed by atoms with Crippen molar-refractivity contribution in [3.63, 3.8) is 0 Å². The maximum atomic E-state index is 14.1. The number of aliphatic carboxylic acids is 1. The normalized spacial score (nSPS) is 30.0. The third-order valence-electron chi connectivity index (χ3n) is 9.28. The number of amides is 4. The molecule has 0 bridgehead atoms. The highest BCUT2D eigenvalue weighted by atomic mass is 16.6. The average Bonchev–Trinajstić information content (AvgIpc) is 3.52. The average molecular weight is 639 g/mol. The number of benzene rings is 1. The van der Waals surface area contributed by atoms with Crippen LogP contribution >= 0.6 is 0 Å². The van der Waals surface area contributed by atoms with E-state index in [-0.39, 0.29) is 31.2 Å². The van der Waals surface area contributed by atoms with Crippen LogP contribution in [0.3, 0.4) is 0 Å². The second-order valence-corrected chi connectivity index (χ2v) is 14.1. The molecule has 3 aliphatic heterocycles. The first-order valence-corrected chi connectivity index (χ1v) is 16.3. The van der Waals surface area contributed by atoms with Crippen LogP contribution in [0.5, 0.6) is 0 Å². The smallest absolute Gasteiger partial charge is 0.410 e. The molecule has 4 amide bonds. The maximum absolute atomic E-state index is 14.1. The zero-order valence-electron chi connectivity index (χ0n) is 27.1. The van der Waals surface area contributed by atoms with Crippen molar-refractivity contribution in [3.05, 3.63) is 47.5 Å².